The highest BCUT2D eigenvalue weighted by Gasteiger charge is 2.30. The van der Waals surface area contributed by atoms with Crippen LogP contribution in [0.5, 0.6) is 0 Å². The fourth-order valence-electron chi connectivity index (χ4n) is 3.05. The molecule has 6 heteroatoms. The van der Waals surface area contributed by atoms with Crippen molar-refractivity contribution in [2.45, 2.75) is 44.6 Å². The molecule has 1 saturated heterocycles. The molecule has 2 aromatic heterocycles. The standard InChI is InChI=1S/C16H20N4OS/c1-11-7-18-20(9-11)13-3-2-6-19(10-13)16(21)14-8-17-15(22-14)12-4-5-12/h7-9,12-13H,2-6,10H2,1H3. The zero-order valence-corrected chi connectivity index (χ0v) is 13.6. The molecule has 5 nitrogen and oxygen atoms in total. The number of carbonyl (C=O) groups is 1. The first-order chi connectivity index (χ1) is 10.7. The van der Waals surface area contributed by atoms with Gasteiger partial charge in [0, 0.05) is 25.2 Å². The van der Waals surface area contributed by atoms with Crippen molar-refractivity contribution in [3.63, 3.8) is 0 Å². The van der Waals surface area contributed by atoms with Crippen molar-refractivity contribution >= 4 is 17.2 Å². The number of piperidine rings is 1. The third-order valence-electron chi connectivity index (χ3n) is 4.45. The molecule has 2 aliphatic rings. The molecule has 1 unspecified atom stereocenters. The first-order valence-corrected chi connectivity index (χ1v) is 8.78. The van der Waals surface area contributed by atoms with Crippen LogP contribution < -0.4 is 0 Å². The summed E-state index contributed by atoms with van der Waals surface area (Å²) in [5.74, 6) is 0.755. The highest BCUT2D eigenvalue weighted by molar-refractivity contribution is 7.13. The molecule has 3 heterocycles. The number of thiazole rings is 1. The third-order valence-corrected chi connectivity index (χ3v) is 5.60. The van der Waals surface area contributed by atoms with Gasteiger partial charge in [-0.05, 0) is 38.2 Å². The number of hydrogen-bond acceptors (Lipinski definition) is 4. The van der Waals surface area contributed by atoms with Crippen molar-refractivity contribution in [1.82, 2.24) is 19.7 Å². The van der Waals surface area contributed by atoms with Gasteiger partial charge in [-0.25, -0.2) is 4.98 Å². The van der Waals surface area contributed by atoms with Crippen LogP contribution in [0, 0.1) is 6.92 Å². The van der Waals surface area contributed by atoms with Crippen LogP contribution >= 0.6 is 11.3 Å². The quantitative estimate of drug-likeness (QED) is 0.874. The van der Waals surface area contributed by atoms with Gasteiger partial charge in [0.25, 0.3) is 5.91 Å². The maximum absolute atomic E-state index is 12.7. The Morgan fingerprint density at radius 3 is 2.91 bits per heavy atom. The molecule has 0 N–H and O–H groups in total. The second-order valence-electron chi connectivity index (χ2n) is 6.38. The molecule has 0 bridgehead atoms. The molecule has 1 amide bonds. The van der Waals surface area contributed by atoms with E-state index in [2.05, 4.69) is 16.3 Å². The van der Waals surface area contributed by atoms with Crippen LogP contribution in [0.4, 0.5) is 0 Å². The van der Waals surface area contributed by atoms with Crippen LogP contribution in [0.15, 0.2) is 18.6 Å². The number of carbonyl (C=O) groups excluding carboxylic acids is 1. The van der Waals surface area contributed by atoms with Crippen LogP contribution in [-0.2, 0) is 0 Å². The van der Waals surface area contributed by atoms with Crippen molar-refractivity contribution in [2.24, 2.45) is 0 Å². The monoisotopic (exact) mass is 316 g/mol. The molecule has 0 aromatic carbocycles. The van der Waals surface area contributed by atoms with Gasteiger partial charge < -0.3 is 4.90 Å². The summed E-state index contributed by atoms with van der Waals surface area (Å²) in [6.45, 7) is 3.63. The molecule has 1 aliphatic carbocycles. The number of rotatable bonds is 3. The minimum atomic E-state index is 0.137. The Morgan fingerprint density at radius 1 is 1.32 bits per heavy atom. The van der Waals surface area contributed by atoms with Gasteiger partial charge in [0.15, 0.2) is 0 Å². The first-order valence-electron chi connectivity index (χ1n) is 7.96. The van der Waals surface area contributed by atoms with Gasteiger partial charge in [0.05, 0.1) is 23.4 Å². The lowest BCUT2D eigenvalue weighted by Gasteiger charge is -2.32. The predicted molar refractivity (Wildman–Crippen MR) is 85.2 cm³/mol. The lowest BCUT2D eigenvalue weighted by Crippen LogP contribution is -2.40. The molecule has 22 heavy (non-hydrogen) atoms. The number of hydrogen-bond donors (Lipinski definition) is 0. The predicted octanol–water partition coefficient (Wildman–Crippen LogP) is 3.00. The van der Waals surface area contributed by atoms with Crippen molar-refractivity contribution in [3.05, 3.63) is 34.0 Å². The summed E-state index contributed by atoms with van der Waals surface area (Å²) in [6.07, 6.45) is 10.3. The zero-order chi connectivity index (χ0) is 15.1. The molecular formula is C16H20N4OS. The molecule has 1 saturated carbocycles. The van der Waals surface area contributed by atoms with Crippen LogP contribution in [0.25, 0.3) is 0 Å². The summed E-state index contributed by atoms with van der Waals surface area (Å²) in [6, 6.07) is 0.294. The van der Waals surface area contributed by atoms with Gasteiger partial charge >= 0.3 is 0 Å². The number of aromatic nitrogens is 3. The van der Waals surface area contributed by atoms with E-state index in [9.17, 15) is 4.79 Å². The summed E-state index contributed by atoms with van der Waals surface area (Å²) < 4.78 is 2.01. The van der Waals surface area contributed by atoms with Gasteiger partial charge in [0.1, 0.15) is 4.88 Å². The average Bonchev–Trinajstić information content (AvgIpc) is 3.10. The summed E-state index contributed by atoms with van der Waals surface area (Å²) in [7, 11) is 0. The van der Waals surface area contributed by atoms with Crippen molar-refractivity contribution in [3.8, 4) is 0 Å². The van der Waals surface area contributed by atoms with E-state index in [4.69, 9.17) is 0 Å². The normalized spacial score (nSPS) is 22.0. The lowest BCUT2D eigenvalue weighted by molar-refractivity contribution is 0.0677. The topological polar surface area (TPSA) is 51.0 Å². The van der Waals surface area contributed by atoms with E-state index in [0.717, 1.165) is 35.8 Å². The lowest BCUT2D eigenvalue weighted by atomic mass is 10.1. The molecule has 116 valence electrons. The molecule has 4 rings (SSSR count). The smallest absolute Gasteiger partial charge is 0.265 e. The molecule has 1 aliphatic heterocycles. The fourth-order valence-corrected chi connectivity index (χ4v) is 4.10. The number of amides is 1. The average molecular weight is 316 g/mol. The second kappa shape index (κ2) is 5.50. The van der Waals surface area contributed by atoms with Gasteiger partial charge in [-0.1, -0.05) is 0 Å². The van der Waals surface area contributed by atoms with Gasteiger partial charge in [-0.3, -0.25) is 9.48 Å². The van der Waals surface area contributed by atoms with Gasteiger partial charge in [0.2, 0.25) is 0 Å². The Morgan fingerprint density at radius 2 is 2.18 bits per heavy atom. The van der Waals surface area contributed by atoms with E-state index in [-0.39, 0.29) is 5.91 Å². The molecular weight excluding hydrogens is 296 g/mol. The highest BCUT2D eigenvalue weighted by Crippen LogP contribution is 2.42. The Hall–Kier alpha value is -1.69. The maximum atomic E-state index is 12.7. The Bertz CT molecular complexity index is 688. The van der Waals surface area contributed by atoms with E-state index >= 15 is 0 Å². The SMILES string of the molecule is Cc1cnn(C2CCCN(C(=O)c3cnc(C4CC4)s3)C2)c1. The molecule has 1 atom stereocenters. The van der Waals surface area contributed by atoms with Crippen molar-refractivity contribution < 1.29 is 4.79 Å². The van der Waals surface area contributed by atoms with Gasteiger partial charge in [-0.15, -0.1) is 11.3 Å². The van der Waals surface area contributed by atoms with Crippen LogP contribution in [0.2, 0.25) is 0 Å². The van der Waals surface area contributed by atoms with Crippen LogP contribution in [0.1, 0.15) is 57.9 Å². The highest BCUT2D eigenvalue weighted by atomic mass is 32.1. The van der Waals surface area contributed by atoms with E-state index < -0.39 is 0 Å². The molecule has 2 aromatic rings. The van der Waals surface area contributed by atoms with Crippen LogP contribution in [0.3, 0.4) is 0 Å². The summed E-state index contributed by atoms with van der Waals surface area (Å²) >= 11 is 1.58. The van der Waals surface area contributed by atoms with Gasteiger partial charge in [-0.2, -0.15) is 5.10 Å². The number of aryl methyl sites for hydroxylation is 1. The molecule has 0 spiro atoms. The van der Waals surface area contributed by atoms with Crippen molar-refractivity contribution in [2.75, 3.05) is 13.1 Å². The minimum absolute atomic E-state index is 0.137. The molecule has 0 radical (unpaired) electrons. The van der Waals surface area contributed by atoms with E-state index in [1.165, 1.54) is 18.4 Å². The Kier molecular flexibility index (Phi) is 3.48. The molecule has 2 fully saturated rings. The second-order valence-corrected chi connectivity index (χ2v) is 7.44. The van der Waals surface area contributed by atoms with Crippen LogP contribution in [-0.4, -0.2) is 38.7 Å². The zero-order valence-electron chi connectivity index (χ0n) is 12.7. The largest absolute Gasteiger partial charge is 0.336 e. The minimum Gasteiger partial charge on any atom is -0.336 e. The maximum Gasteiger partial charge on any atom is 0.265 e. The Labute approximate surface area is 134 Å². The van der Waals surface area contributed by atoms with E-state index in [1.807, 2.05) is 22.7 Å². The summed E-state index contributed by atoms with van der Waals surface area (Å²) in [5.41, 5.74) is 1.17. The Balaban J connectivity index is 1.47. The number of likely N-dealkylation sites (tertiary alicyclic amines) is 1. The van der Waals surface area contributed by atoms with E-state index in [0.29, 0.717) is 12.0 Å². The van der Waals surface area contributed by atoms with E-state index in [1.54, 1.807) is 17.5 Å². The fraction of sp³-hybridized carbons (Fsp3) is 0.562. The van der Waals surface area contributed by atoms with Crippen molar-refractivity contribution in [1.29, 1.82) is 0 Å². The summed E-state index contributed by atoms with van der Waals surface area (Å²) in [5, 5.41) is 5.55. The third kappa shape index (κ3) is 2.67. The number of nitrogens with zero attached hydrogens (tertiary/aromatic N) is 4. The first kappa shape index (κ1) is 13.9. The summed E-state index contributed by atoms with van der Waals surface area (Å²) in [4.78, 5) is 19.9.